The predicted molar refractivity (Wildman–Crippen MR) is 150 cm³/mol. The molecule has 0 aliphatic carbocycles. The monoisotopic (exact) mass is 549 g/mol. The summed E-state index contributed by atoms with van der Waals surface area (Å²) in [6.07, 6.45) is 0. The van der Waals surface area contributed by atoms with Gasteiger partial charge in [0.15, 0.2) is 0 Å². The van der Waals surface area contributed by atoms with E-state index in [-0.39, 0.29) is 17.2 Å². The summed E-state index contributed by atoms with van der Waals surface area (Å²) < 4.78 is 5.33. The molecule has 2 heterocycles. The Labute approximate surface area is 230 Å². The van der Waals surface area contributed by atoms with E-state index in [9.17, 15) is 19.7 Å². The van der Waals surface area contributed by atoms with Gasteiger partial charge in [-0.1, -0.05) is 11.6 Å². The van der Waals surface area contributed by atoms with Crippen molar-refractivity contribution in [3.05, 3.63) is 93.0 Å². The van der Waals surface area contributed by atoms with Crippen molar-refractivity contribution in [2.45, 2.75) is 0 Å². The lowest BCUT2D eigenvalue weighted by Gasteiger charge is -2.36. The minimum atomic E-state index is -0.459. The maximum atomic E-state index is 12.9. The van der Waals surface area contributed by atoms with E-state index in [1.165, 1.54) is 6.07 Å². The third-order valence-corrected chi connectivity index (χ3v) is 7.19. The number of ether oxygens (including phenoxy) is 1. The average molecular weight is 550 g/mol. The molecule has 10 nitrogen and oxygen atoms in total. The van der Waals surface area contributed by atoms with E-state index in [1.807, 2.05) is 21.9 Å². The second kappa shape index (κ2) is 11.7. The van der Waals surface area contributed by atoms with E-state index < -0.39 is 10.8 Å². The zero-order chi connectivity index (χ0) is 27.4. The first kappa shape index (κ1) is 26.5. The summed E-state index contributed by atoms with van der Waals surface area (Å²) in [4.78, 5) is 42.8. The van der Waals surface area contributed by atoms with Crippen molar-refractivity contribution in [2.24, 2.45) is 0 Å². The fourth-order valence-corrected chi connectivity index (χ4v) is 4.91. The van der Waals surface area contributed by atoms with Gasteiger partial charge in [-0.3, -0.25) is 19.7 Å². The molecule has 2 saturated heterocycles. The molecule has 0 saturated carbocycles. The van der Waals surface area contributed by atoms with Crippen LogP contribution in [0.4, 0.5) is 22.7 Å². The van der Waals surface area contributed by atoms with Gasteiger partial charge in [-0.15, -0.1) is 0 Å². The van der Waals surface area contributed by atoms with E-state index in [4.69, 9.17) is 16.3 Å². The molecule has 3 aromatic carbocycles. The number of nitro benzene ring substituents is 1. The Hall–Kier alpha value is -4.15. The Morgan fingerprint density at radius 3 is 2.10 bits per heavy atom. The lowest BCUT2D eigenvalue weighted by Crippen LogP contribution is -2.48. The number of rotatable bonds is 6. The molecule has 0 atom stereocenters. The highest BCUT2D eigenvalue weighted by atomic mass is 35.5. The van der Waals surface area contributed by atoms with Crippen molar-refractivity contribution in [3.63, 3.8) is 0 Å². The highest BCUT2D eigenvalue weighted by molar-refractivity contribution is 6.30. The number of anilines is 3. The van der Waals surface area contributed by atoms with E-state index in [0.717, 1.165) is 5.69 Å². The molecule has 0 unspecified atom stereocenters. The molecule has 2 aliphatic heterocycles. The molecule has 0 bridgehead atoms. The summed E-state index contributed by atoms with van der Waals surface area (Å²) in [5.74, 6) is -0.434. The molecule has 2 amide bonds. The molecule has 2 aliphatic rings. The number of hydrogen-bond donors (Lipinski definition) is 1. The fraction of sp³-hybridized carbons (Fsp3) is 0.286. The third-order valence-electron chi connectivity index (χ3n) is 6.93. The summed E-state index contributed by atoms with van der Waals surface area (Å²) in [7, 11) is 0. The Morgan fingerprint density at radius 1 is 0.821 bits per heavy atom. The van der Waals surface area contributed by atoms with Crippen LogP contribution in [0.5, 0.6) is 0 Å². The molecule has 0 spiro atoms. The van der Waals surface area contributed by atoms with Gasteiger partial charge in [-0.2, -0.15) is 0 Å². The van der Waals surface area contributed by atoms with Gasteiger partial charge in [-0.05, 0) is 60.7 Å². The largest absolute Gasteiger partial charge is 0.378 e. The van der Waals surface area contributed by atoms with Crippen molar-refractivity contribution in [2.75, 3.05) is 67.6 Å². The minimum Gasteiger partial charge on any atom is -0.378 e. The standard InChI is InChI=1S/C28H28ClN5O5/c29-22-4-1-20(2-5-22)28(36)33-13-11-31(12-14-33)24-8-6-23(7-9-24)30-27(35)21-3-10-25(26(19-21)34(37)38)32-15-17-39-18-16-32/h1-10,19H,11-18H2,(H,30,35). The highest BCUT2D eigenvalue weighted by Crippen LogP contribution is 2.30. The van der Waals surface area contributed by atoms with Crippen LogP contribution in [-0.4, -0.2) is 74.1 Å². The summed E-state index contributed by atoms with van der Waals surface area (Å²) in [5, 5.41) is 15.1. The van der Waals surface area contributed by atoms with Gasteiger partial charge in [0.05, 0.1) is 18.1 Å². The molecule has 0 aromatic heterocycles. The summed E-state index contributed by atoms with van der Waals surface area (Å²) in [6, 6.07) is 18.9. The first-order valence-electron chi connectivity index (χ1n) is 12.7. The molecule has 2 fully saturated rings. The molecular weight excluding hydrogens is 522 g/mol. The average Bonchev–Trinajstić information content (AvgIpc) is 2.98. The van der Waals surface area contributed by atoms with Gasteiger partial charge in [0.1, 0.15) is 5.69 Å². The molecule has 1 N–H and O–H groups in total. The number of nitro groups is 1. The Balaban J connectivity index is 1.19. The van der Waals surface area contributed by atoms with Crippen LogP contribution in [0.3, 0.4) is 0 Å². The van der Waals surface area contributed by atoms with Crippen molar-refractivity contribution in [1.29, 1.82) is 0 Å². The van der Waals surface area contributed by atoms with Crippen LogP contribution >= 0.6 is 11.6 Å². The van der Waals surface area contributed by atoms with Gasteiger partial charge in [0, 0.05) is 72.9 Å². The summed E-state index contributed by atoms with van der Waals surface area (Å²) >= 11 is 5.92. The van der Waals surface area contributed by atoms with Gasteiger partial charge in [0.25, 0.3) is 17.5 Å². The van der Waals surface area contributed by atoms with Crippen molar-refractivity contribution >= 4 is 46.2 Å². The molecule has 0 radical (unpaired) electrons. The molecule has 202 valence electrons. The zero-order valence-corrected chi connectivity index (χ0v) is 22.0. The Kier molecular flexibility index (Phi) is 7.94. The molecule has 39 heavy (non-hydrogen) atoms. The number of nitrogens with one attached hydrogen (secondary N) is 1. The van der Waals surface area contributed by atoms with Gasteiger partial charge in [-0.25, -0.2) is 0 Å². The van der Waals surface area contributed by atoms with Crippen LogP contribution in [0.25, 0.3) is 0 Å². The minimum absolute atomic E-state index is 0.0115. The third kappa shape index (κ3) is 6.13. The zero-order valence-electron chi connectivity index (χ0n) is 21.2. The summed E-state index contributed by atoms with van der Waals surface area (Å²) in [6.45, 7) is 4.70. The van der Waals surface area contributed by atoms with E-state index in [2.05, 4.69) is 10.2 Å². The van der Waals surface area contributed by atoms with Crippen molar-refractivity contribution in [3.8, 4) is 0 Å². The van der Waals surface area contributed by atoms with Crippen LogP contribution in [0.15, 0.2) is 66.7 Å². The number of hydrogen-bond acceptors (Lipinski definition) is 7. The SMILES string of the molecule is O=C(Nc1ccc(N2CCN(C(=O)c3ccc(Cl)cc3)CC2)cc1)c1ccc(N2CCOCC2)c([N+](=O)[O-])c1. The van der Waals surface area contributed by atoms with E-state index in [0.29, 0.717) is 74.4 Å². The van der Waals surface area contributed by atoms with Crippen LogP contribution < -0.4 is 15.1 Å². The highest BCUT2D eigenvalue weighted by Gasteiger charge is 2.24. The van der Waals surface area contributed by atoms with Crippen molar-refractivity contribution < 1.29 is 19.2 Å². The normalized spacial score (nSPS) is 15.7. The first-order chi connectivity index (χ1) is 18.9. The Morgan fingerprint density at radius 2 is 1.46 bits per heavy atom. The number of morpholine rings is 1. The number of carbonyl (C=O) groups excluding carboxylic acids is 2. The lowest BCUT2D eigenvalue weighted by molar-refractivity contribution is -0.384. The lowest BCUT2D eigenvalue weighted by atomic mass is 10.1. The maximum absolute atomic E-state index is 12.9. The number of benzene rings is 3. The topological polar surface area (TPSA) is 108 Å². The smallest absolute Gasteiger partial charge is 0.293 e. The van der Waals surface area contributed by atoms with Gasteiger partial charge < -0.3 is 24.8 Å². The predicted octanol–water partition coefficient (Wildman–Crippen LogP) is 4.30. The fourth-order valence-electron chi connectivity index (χ4n) is 4.78. The number of amides is 2. The number of nitrogens with zero attached hydrogens (tertiary/aromatic N) is 4. The molecule has 11 heteroatoms. The van der Waals surface area contributed by atoms with Crippen LogP contribution in [0, 0.1) is 10.1 Å². The number of piperazine rings is 1. The van der Waals surface area contributed by atoms with Gasteiger partial charge >= 0.3 is 0 Å². The number of halogens is 1. The van der Waals surface area contributed by atoms with Crippen LogP contribution in [0.1, 0.15) is 20.7 Å². The summed E-state index contributed by atoms with van der Waals surface area (Å²) in [5.41, 5.74) is 2.78. The molecular formula is C28H28ClN5O5. The molecule has 5 rings (SSSR count). The quantitative estimate of drug-likeness (QED) is 0.361. The second-order valence-electron chi connectivity index (χ2n) is 9.35. The molecule has 3 aromatic rings. The number of carbonyl (C=O) groups is 2. The van der Waals surface area contributed by atoms with Crippen molar-refractivity contribution in [1.82, 2.24) is 4.90 Å². The Bertz CT molecular complexity index is 1350. The second-order valence-corrected chi connectivity index (χ2v) is 9.78. The van der Waals surface area contributed by atoms with E-state index in [1.54, 1.807) is 48.5 Å². The van der Waals surface area contributed by atoms with E-state index >= 15 is 0 Å². The van der Waals surface area contributed by atoms with Crippen LogP contribution in [0.2, 0.25) is 5.02 Å². The first-order valence-corrected chi connectivity index (χ1v) is 13.1. The van der Waals surface area contributed by atoms with Gasteiger partial charge in [0.2, 0.25) is 0 Å². The maximum Gasteiger partial charge on any atom is 0.293 e. The van der Waals surface area contributed by atoms with Crippen LogP contribution in [-0.2, 0) is 4.74 Å².